The largest absolute Gasteiger partial charge is 0.479 e. The highest BCUT2D eigenvalue weighted by Gasteiger charge is 2.57. The second-order valence-electron chi connectivity index (χ2n) is 2.97. The minimum atomic E-state index is -4.96. The number of halogens is 3. The van der Waals surface area contributed by atoms with E-state index >= 15 is 0 Å². The van der Waals surface area contributed by atoms with Gasteiger partial charge in [0.1, 0.15) is 0 Å². The van der Waals surface area contributed by atoms with Gasteiger partial charge >= 0.3 is 12.1 Å². The topological polar surface area (TPSA) is 69.6 Å². The van der Waals surface area contributed by atoms with E-state index in [2.05, 4.69) is 0 Å². The molecule has 0 saturated heterocycles. The average Bonchev–Trinajstić information content (AvgIpc) is 2.50. The summed E-state index contributed by atoms with van der Waals surface area (Å²) in [4.78, 5) is 10.6. The molecule has 0 fully saturated rings. The second kappa shape index (κ2) is 3.16. The Balaban J connectivity index is 2.95. The van der Waals surface area contributed by atoms with Crippen LogP contribution in [-0.2, 0) is 4.79 Å². The van der Waals surface area contributed by atoms with E-state index in [9.17, 15) is 18.0 Å². The summed E-state index contributed by atoms with van der Waals surface area (Å²) in [5, 5.41) is 19.6. The SMILES string of the molecule is O=C(O)C1(C(O)C(F)(F)F)CC=CN1. The highest BCUT2D eigenvalue weighted by Crippen LogP contribution is 2.32. The first-order valence-electron chi connectivity index (χ1n) is 3.71. The molecular weight excluding hydrogens is 203 g/mol. The van der Waals surface area contributed by atoms with E-state index in [4.69, 9.17) is 10.2 Å². The number of aliphatic hydroxyl groups excluding tert-OH is 1. The molecule has 1 rings (SSSR count). The van der Waals surface area contributed by atoms with E-state index in [0.717, 1.165) is 6.20 Å². The summed E-state index contributed by atoms with van der Waals surface area (Å²) in [7, 11) is 0. The third-order valence-electron chi connectivity index (χ3n) is 2.06. The van der Waals surface area contributed by atoms with Crippen molar-refractivity contribution in [2.24, 2.45) is 0 Å². The van der Waals surface area contributed by atoms with Gasteiger partial charge in [0.05, 0.1) is 0 Å². The zero-order valence-electron chi connectivity index (χ0n) is 6.88. The summed E-state index contributed by atoms with van der Waals surface area (Å²) in [5.41, 5.74) is -2.38. The first-order valence-corrected chi connectivity index (χ1v) is 3.71. The van der Waals surface area contributed by atoms with Gasteiger partial charge in [0.15, 0.2) is 11.6 Å². The molecule has 0 aliphatic carbocycles. The Hall–Kier alpha value is -1.24. The lowest BCUT2D eigenvalue weighted by atomic mass is 9.90. The van der Waals surface area contributed by atoms with Crippen molar-refractivity contribution in [1.29, 1.82) is 0 Å². The lowest BCUT2D eigenvalue weighted by Crippen LogP contribution is -2.61. The molecule has 0 aromatic rings. The van der Waals surface area contributed by atoms with Crippen molar-refractivity contribution >= 4 is 5.97 Å². The molecule has 14 heavy (non-hydrogen) atoms. The maximum atomic E-state index is 12.1. The van der Waals surface area contributed by atoms with Crippen molar-refractivity contribution in [3.05, 3.63) is 12.3 Å². The Bertz CT molecular complexity index is 266. The van der Waals surface area contributed by atoms with E-state index in [1.165, 1.54) is 6.08 Å². The molecule has 1 aliphatic rings. The van der Waals surface area contributed by atoms with Gasteiger partial charge in [0, 0.05) is 6.42 Å². The third-order valence-corrected chi connectivity index (χ3v) is 2.06. The minimum absolute atomic E-state index is 0.400. The molecule has 2 atom stereocenters. The Kier molecular flexibility index (Phi) is 2.45. The number of aliphatic hydroxyl groups is 1. The molecule has 0 aromatic heterocycles. The number of hydrogen-bond donors (Lipinski definition) is 3. The Morgan fingerprint density at radius 2 is 2.14 bits per heavy atom. The predicted molar refractivity (Wildman–Crippen MR) is 39.3 cm³/mol. The van der Waals surface area contributed by atoms with E-state index in [1.54, 1.807) is 0 Å². The van der Waals surface area contributed by atoms with Gasteiger partial charge in [-0.15, -0.1) is 0 Å². The maximum absolute atomic E-state index is 12.1. The zero-order valence-corrected chi connectivity index (χ0v) is 6.88. The number of alkyl halides is 3. The molecular formula is C7H8F3NO3. The second-order valence-corrected chi connectivity index (χ2v) is 2.97. The molecule has 80 valence electrons. The monoisotopic (exact) mass is 211 g/mol. The summed E-state index contributed by atoms with van der Waals surface area (Å²) in [6, 6.07) is 0. The Morgan fingerprint density at radius 1 is 1.57 bits per heavy atom. The van der Waals surface area contributed by atoms with Crippen LogP contribution in [0.15, 0.2) is 12.3 Å². The summed E-state index contributed by atoms with van der Waals surface area (Å²) < 4.78 is 36.4. The van der Waals surface area contributed by atoms with Crippen LogP contribution in [0.2, 0.25) is 0 Å². The molecule has 7 heteroatoms. The van der Waals surface area contributed by atoms with Crippen molar-refractivity contribution in [3.63, 3.8) is 0 Å². The first-order chi connectivity index (χ1) is 6.31. The quantitative estimate of drug-likeness (QED) is 0.612. The van der Waals surface area contributed by atoms with Gasteiger partial charge in [-0.25, -0.2) is 4.79 Å². The lowest BCUT2D eigenvalue weighted by Gasteiger charge is -2.31. The van der Waals surface area contributed by atoms with Gasteiger partial charge in [-0.1, -0.05) is 6.08 Å². The number of hydrogen-bond acceptors (Lipinski definition) is 3. The Morgan fingerprint density at radius 3 is 2.43 bits per heavy atom. The molecule has 4 nitrogen and oxygen atoms in total. The van der Waals surface area contributed by atoms with Crippen LogP contribution in [0.5, 0.6) is 0 Å². The van der Waals surface area contributed by atoms with Gasteiger partial charge in [0.25, 0.3) is 0 Å². The van der Waals surface area contributed by atoms with Crippen molar-refractivity contribution < 1.29 is 28.2 Å². The average molecular weight is 211 g/mol. The van der Waals surface area contributed by atoms with E-state index in [0.29, 0.717) is 0 Å². The molecule has 2 unspecified atom stereocenters. The van der Waals surface area contributed by atoms with Gasteiger partial charge in [-0.3, -0.25) is 0 Å². The molecule has 0 saturated carbocycles. The number of carbonyl (C=O) groups is 1. The molecule has 0 amide bonds. The number of carboxylic acid groups (broad SMARTS) is 1. The highest BCUT2D eigenvalue weighted by molar-refractivity contribution is 5.81. The van der Waals surface area contributed by atoms with Crippen LogP contribution in [0.25, 0.3) is 0 Å². The van der Waals surface area contributed by atoms with E-state index < -0.39 is 30.2 Å². The van der Waals surface area contributed by atoms with Gasteiger partial charge in [0.2, 0.25) is 0 Å². The fraction of sp³-hybridized carbons (Fsp3) is 0.571. The Labute approximate surface area is 77.0 Å². The number of carboxylic acids is 1. The molecule has 0 aromatic carbocycles. The van der Waals surface area contributed by atoms with Crippen LogP contribution in [-0.4, -0.2) is 34.0 Å². The van der Waals surface area contributed by atoms with Crippen LogP contribution in [0, 0.1) is 0 Å². The normalized spacial score (nSPS) is 28.6. The fourth-order valence-electron chi connectivity index (χ4n) is 1.25. The maximum Gasteiger partial charge on any atom is 0.417 e. The highest BCUT2D eigenvalue weighted by atomic mass is 19.4. The number of rotatable bonds is 2. The van der Waals surface area contributed by atoms with Crippen LogP contribution < -0.4 is 5.32 Å². The first kappa shape index (κ1) is 10.8. The smallest absolute Gasteiger partial charge is 0.417 e. The van der Waals surface area contributed by atoms with Gasteiger partial charge < -0.3 is 15.5 Å². The number of nitrogens with one attached hydrogen (secondary N) is 1. The fourth-order valence-corrected chi connectivity index (χ4v) is 1.25. The van der Waals surface area contributed by atoms with E-state index in [1.807, 2.05) is 5.32 Å². The zero-order chi connectivity index (χ0) is 11.0. The van der Waals surface area contributed by atoms with Crippen LogP contribution in [0.1, 0.15) is 6.42 Å². The summed E-state index contributed by atoms with van der Waals surface area (Å²) in [6.45, 7) is 0. The predicted octanol–water partition coefficient (Wildman–Crippen LogP) is 0.240. The standard InChI is InChI=1S/C7H8F3NO3/c8-7(9,10)4(12)6(5(13)14)2-1-3-11-6/h1,3-4,11-12H,2H2,(H,13,14). The van der Waals surface area contributed by atoms with Crippen molar-refractivity contribution in [1.82, 2.24) is 5.32 Å². The van der Waals surface area contributed by atoms with Crippen LogP contribution in [0.4, 0.5) is 13.2 Å². The number of aliphatic carboxylic acids is 1. The third kappa shape index (κ3) is 1.54. The molecule has 0 spiro atoms. The van der Waals surface area contributed by atoms with Crippen LogP contribution >= 0.6 is 0 Å². The molecule has 1 aliphatic heterocycles. The molecule has 3 N–H and O–H groups in total. The van der Waals surface area contributed by atoms with Gasteiger partial charge in [-0.2, -0.15) is 13.2 Å². The lowest BCUT2D eigenvalue weighted by molar-refractivity contribution is -0.228. The van der Waals surface area contributed by atoms with E-state index in [-0.39, 0.29) is 0 Å². The van der Waals surface area contributed by atoms with Crippen molar-refractivity contribution in [2.75, 3.05) is 0 Å². The van der Waals surface area contributed by atoms with Gasteiger partial charge in [-0.05, 0) is 6.20 Å². The van der Waals surface area contributed by atoms with Crippen molar-refractivity contribution in [2.45, 2.75) is 24.2 Å². The summed E-state index contributed by atoms with van der Waals surface area (Å²) in [5.74, 6) is -1.73. The summed E-state index contributed by atoms with van der Waals surface area (Å²) >= 11 is 0. The van der Waals surface area contributed by atoms with Crippen molar-refractivity contribution in [3.8, 4) is 0 Å². The molecule has 1 heterocycles. The molecule has 0 radical (unpaired) electrons. The van der Waals surface area contributed by atoms with Crippen LogP contribution in [0.3, 0.4) is 0 Å². The molecule has 0 bridgehead atoms. The minimum Gasteiger partial charge on any atom is -0.479 e. The summed E-state index contributed by atoms with van der Waals surface area (Å²) in [6.07, 6.45) is -5.98.